The van der Waals surface area contributed by atoms with E-state index >= 15 is 0 Å². The predicted octanol–water partition coefficient (Wildman–Crippen LogP) is 2.76. The van der Waals surface area contributed by atoms with E-state index in [1.165, 1.54) is 17.8 Å². The Kier molecular flexibility index (Phi) is 6.75. The number of rotatable bonds is 8. The summed E-state index contributed by atoms with van der Waals surface area (Å²) in [6, 6.07) is 6.08. The van der Waals surface area contributed by atoms with Crippen molar-refractivity contribution in [2.75, 3.05) is 12.3 Å². The molecule has 2 N–H and O–H groups in total. The molecule has 3 nitrogen and oxygen atoms in total. The third-order valence-electron chi connectivity index (χ3n) is 2.46. The van der Waals surface area contributed by atoms with E-state index in [9.17, 15) is 9.18 Å². The van der Waals surface area contributed by atoms with E-state index in [4.69, 9.17) is 5.11 Å². The van der Waals surface area contributed by atoms with Gasteiger partial charge in [0.25, 0.3) is 0 Å². The van der Waals surface area contributed by atoms with Crippen LogP contribution in [0.5, 0.6) is 0 Å². The van der Waals surface area contributed by atoms with E-state index < -0.39 is 12.0 Å². The van der Waals surface area contributed by atoms with Crippen LogP contribution in [0.2, 0.25) is 0 Å². The monoisotopic (exact) mass is 271 g/mol. The van der Waals surface area contributed by atoms with Crippen molar-refractivity contribution in [2.24, 2.45) is 0 Å². The Morgan fingerprint density at radius 1 is 1.50 bits per heavy atom. The van der Waals surface area contributed by atoms with Crippen molar-refractivity contribution in [3.05, 3.63) is 30.1 Å². The van der Waals surface area contributed by atoms with Crippen molar-refractivity contribution in [3.8, 4) is 0 Å². The Morgan fingerprint density at radius 2 is 2.22 bits per heavy atom. The third kappa shape index (κ3) is 5.06. The zero-order valence-electron chi connectivity index (χ0n) is 10.4. The fourth-order valence-corrected chi connectivity index (χ4v) is 2.38. The Labute approximate surface area is 111 Å². The van der Waals surface area contributed by atoms with Gasteiger partial charge >= 0.3 is 5.97 Å². The molecule has 1 aromatic carbocycles. The molecule has 0 saturated heterocycles. The highest BCUT2D eigenvalue weighted by molar-refractivity contribution is 7.99. The first-order valence-electron chi connectivity index (χ1n) is 5.98. The molecule has 0 amide bonds. The summed E-state index contributed by atoms with van der Waals surface area (Å²) in [6.45, 7) is 2.50. The molecule has 0 aliphatic heterocycles. The Morgan fingerprint density at radius 3 is 2.83 bits per heavy atom. The molecule has 100 valence electrons. The second-order valence-electron chi connectivity index (χ2n) is 3.91. The summed E-state index contributed by atoms with van der Waals surface area (Å²) in [5, 5.41) is 11.9. The highest BCUT2D eigenvalue weighted by atomic mass is 32.2. The zero-order chi connectivity index (χ0) is 13.4. The van der Waals surface area contributed by atoms with E-state index in [1.807, 2.05) is 6.92 Å². The highest BCUT2D eigenvalue weighted by Crippen LogP contribution is 2.20. The van der Waals surface area contributed by atoms with Crippen molar-refractivity contribution < 1.29 is 14.3 Å². The number of thioether (sulfide) groups is 1. The number of nitrogens with one attached hydrogen (secondary N) is 1. The standard InChI is InChI=1S/C13H18FNO2S/c1-2-5-11(13(16)17)15-8-9-18-12-7-4-3-6-10(12)14/h3-4,6-7,11,15H,2,5,8-9H2,1H3,(H,16,17). The minimum atomic E-state index is -0.826. The lowest BCUT2D eigenvalue weighted by Gasteiger charge is -2.13. The summed E-state index contributed by atoms with van der Waals surface area (Å²) < 4.78 is 13.3. The van der Waals surface area contributed by atoms with Crippen LogP contribution < -0.4 is 5.32 Å². The normalized spacial score (nSPS) is 12.3. The lowest BCUT2D eigenvalue weighted by atomic mass is 10.2. The van der Waals surface area contributed by atoms with E-state index in [-0.39, 0.29) is 5.82 Å². The Bertz CT molecular complexity index is 387. The maximum Gasteiger partial charge on any atom is 0.320 e. The molecule has 1 aromatic rings. The molecular formula is C13H18FNO2S. The van der Waals surface area contributed by atoms with Gasteiger partial charge in [0.1, 0.15) is 11.9 Å². The average molecular weight is 271 g/mol. The van der Waals surface area contributed by atoms with Crippen molar-refractivity contribution in [1.29, 1.82) is 0 Å². The summed E-state index contributed by atoms with van der Waals surface area (Å²) in [6.07, 6.45) is 1.43. The number of hydrogen-bond donors (Lipinski definition) is 2. The number of benzene rings is 1. The molecule has 0 heterocycles. The van der Waals surface area contributed by atoms with Gasteiger partial charge < -0.3 is 10.4 Å². The maximum absolute atomic E-state index is 13.3. The lowest BCUT2D eigenvalue weighted by molar-refractivity contribution is -0.139. The van der Waals surface area contributed by atoms with E-state index in [1.54, 1.807) is 18.2 Å². The van der Waals surface area contributed by atoms with Gasteiger partial charge in [0.2, 0.25) is 0 Å². The van der Waals surface area contributed by atoms with Gasteiger partial charge in [0, 0.05) is 17.2 Å². The molecule has 0 aliphatic carbocycles. The molecule has 0 spiro atoms. The van der Waals surface area contributed by atoms with Crippen molar-refractivity contribution in [1.82, 2.24) is 5.32 Å². The highest BCUT2D eigenvalue weighted by Gasteiger charge is 2.14. The summed E-state index contributed by atoms with van der Waals surface area (Å²) in [5.74, 6) is -0.410. The lowest BCUT2D eigenvalue weighted by Crippen LogP contribution is -2.37. The largest absolute Gasteiger partial charge is 0.480 e. The van der Waals surface area contributed by atoms with Gasteiger partial charge in [-0.3, -0.25) is 4.79 Å². The van der Waals surface area contributed by atoms with Gasteiger partial charge in [-0.15, -0.1) is 11.8 Å². The number of carboxylic acids is 1. The number of carbonyl (C=O) groups is 1. The van der Waals surface area contributed by atoms with Crippen LogP contribution in [0.25, 0.3) is 0 Å². The van der Waals surface area contributed by atoms with Crippen molar-refractivity contribution in [3.63, 3.8) is 0 Å². The molecule has 0 radical (unpaired) electrons. The van der Waals surface area contributed by atoms with Crippen LogP contribution in [-0.2, 0) is 4.79 Å². The van der Waals surface area contributed by atoms with Gasteiger partial charge in [0.15, 0.2) is 0 Å². The quantitative estimate of drug-likeness (QED) is 0.564. The van der Waals surface area contributed by atoms with Crippen LogP contribution in [0.15, 0.2) is 29.2 Å². The first kappa shape index (κ1) is 15.0. The molecule has 0 bridgehead atoms. The van der Waals surface area contributed by atoms with Crippen molar-refractivity contribution >= 4 is 17.7 Å². The molecule has 0 aromatic heterocycles. The van der Waals surface area contributed by atoms with Gasteiger partial charge in [-0.25, -0.2) is 4.39 Å². The van der Waals surface area contributed by atoms with E-state index in [2.05, 4.69) is 5.32 Å². The molecule has 5 heteroatoms. The topological polar surface area (TPSA) is 49.3 Å². The Hall–Kier alpha value is -1.07. The summed E-state index contributed by atoms with van der Waals surface area (Å²) in [7, 11) is 0. The van der Waals surface area contributed by atoms with Crippen LogP contribution in [0, 0.1) is 5.82 Å². The molecule has 1 unspecified atom stereocenters. The second kappa shape index (κ2) is 8.11. The molecule has 0 fully saturated rings. The number of halogens is 1. The summed E-state index contributed by atoms with van der Waals surface area (Å²) in [5.41, 5.74) is 0. The fraction of sp³-hybridized carbons (Fsp3) is 0.462. The number of hydrogen-bond acceptors (Lipinski definition) is 3. The molecule has 0 aliphatic rings. The first-order valence-corrected chi connectivity index (χ1v) is 6.97. The number of aliphatic carboxylic acids is 1. The van der Waals surface area contributed by atoms with Crippen LogP contribution in [-0.4, -0.2) is 29.4 Å². The third-order valence-corrected chi connectivity index (χ3v) is 3.51. The van der Waals surface area contributed by atoms with Gasteiger partial charge in [0.05, 0.1) is 0 Å². The van der Waals surface area contributed by atoms with Crippen LogP contribution in [0.4, 0.5) is 4.39 Å². The summed E-state index contributed by atoms with van der Waals surface area (Å²) in [4.78, 5) is 11.5. The second-order valence-corrected chi connectivity index (χ2v) is 5.05. The molecule has 0 saturated carbocycles. The first-order chi connectivity index (χ1) is 8.65. The molecular weight excluding hydrogens is 253 g/mol. The molecule has 18 heavy (non-hydrogen) atoms. The van der Waals surface area contributed by atoms with E-state index in [0.29, 0.717) is 23.6 Å². The molecule has 1 rings (SSSR count). The number of carboxylic acid groups (broad SMARTS) is 1. The van der Waals surface area contributed by atoms with Gasteiger partial charge in [-0.1, -0.05) is 25.5 Å². The Balaban J connectivity index is 2.30. The predicted molar refractivity (Wildman–Crippen MR) is 71.5 cm³/mol. The minimum absolute atomic E-state index is 0.231. The molecule has 1 atom stereocenters. The maximum atomic E-state index is 13.3. The van der Waals surface area contributed by atoms with Crippen LogP contribution in [0.3, 0.4) is 0 Å². The van der Waals surface area contributed by atoms with Crippen molar-refractivity contribution in [2.45, 2.75) is 30.7 Å². The van der Waals surface area contributed by atoms with E-state index in [0.717, 1.165) is 6.42 Å². The SMILES string of the molecule is CCCC(NCCSc1ccccc1F)C(=O)O. The van der Waals surface area contributed by atoms with Gasteiger partial charge in [-0.2, -0.15) is 0 Å². The average Bonchev–Trinajstić information content (AvgIpc) is 2.35. The fourth-order valence-electron chi connectivity index (χ4n) is 1.56. The van der Waals surface area contributed by atoms with Crippen LogP contribution in [0.1, 0.15) is 19.8 Å². The zero-order valence-corrected chi connectivity index (χ0v) is 11.2. The van der Waals surface area contributed by atoms with Crippen LogP contribution >= 0.6 is 11.8 Å². The summed E-state index contributed by atoms with van der Waals surface area (Å²) >= 11 is 1.39. The van der Waals surface area contributed by atoms with Gasteiger partial charge in [-0.05, 0) is 18.6 Å². The minimum Gasteiger partial charge on any atom is -0.480 e. The smallest absolute Gasteiger partial charge is 0.320 e.